The second-order valence-corrected chi connectivity index (χ2v) is 5.37. The lowest BCUT2D eigenvalue weighted by Gasteiger charge is -2.29. The number of aliphatic hydroxyl groups is 1. The van der Waals surface area contributed by atoms with E-state index in [9.17, 15) is 14.3 Å². The van der Waals surface area contributed by atoms with E-state index in [1.165, 1.54) is 12.1 Å². The minimum atomic E-state index is -0.965. The smallest absolute Gasteiger partial charge is 0.251 e. The summed E-state index contributed by atoms with van der Waals surface area (Å²) in [5, 5.41) is 12.9. The van der Waals surface area contributed by atoms with E-state index in [-0.39, 0.29) is 23.9 Å². The highest BCUT2D eigenvalue weighted by Gasteiger charge is 2.27. The first kappa shape index (κ1) is 15.6. The lowest BCUT2D eigenvalue weighted by molar-refractivity contribution is 0.00592. The van der Waals surface area contributed by atoms with E-state index in [4.69, 9.17) is 0 Å². The molecule has 1 rings (SSSR count). The minimum absolute atomic E-state index is 0.0713. The van der Waals surface area contributed by atoms with Gasteiger partial charge in [0.25, 0.3) is 5.91 Å². The molecule has 0 heterocycles. The molecule has 0 fully saturated rings. The molecular formula is C15H22FNO2. The molecular weight excluding hydrogens is 245 g/mol. The van der Waals surface area contributed by atoms with Crippen LogP contribution < -0.4 is 5.32 Å². The molecule has 0 aliphatic carbocycles. The van der Waals surface area contributed by atoms with Gasteiger partial charge in [0.2, 0.25) is 0 Å². The van der Waals surface area contributed by atoms with Crippen LogP contribution in [0.15, 0.2) is 18.2 Å². The van der Waals surface area contributed by atoms with Crippen LogP contribution >= 0.6 is 0 Å². The number of rotatable bonds is 5. The van der Waals surface area contributed by atoms with E-state index in [1.54, 1.807) is 19.9 Å². The number of halogens is 1. The Morgan fingerprint density at radius 3 is 2.63 bits per heavy atom. The Bertz CT molecular complexity index is 437. The van der Waals surface area contributed by atoms with Crippen molar-refractivity contribution in [3.63, 3.8) is 0 Å². The van der Waals surface area contributed by atoms with Gasteiger partial charge in [0.15, 0.2) is 0 Å². The third-order valence-corrected chi connectivity index (χ3v) is 3.59. The van der Waals surface area contributed by atoms with Crippen LogP contribution in [0.1, 0.15) is 43.1 Å². The van der Waals surface area contributed by atoms with Gasteiger partial charge in [0.1, 0.15) is 5.82 Å². The van der Waals surface area contributed by atoms with E-state index in [0.717, 1.165) is 6.42 Å². The van der Waals surface area contributed by atoms with E-state index < -0.39 is 11.4 Å². The van der Waals surface area contributed by atoms with Crippen molar-refractivity contribution in [1.29, 1.82) is 0 Å². The van der Waals surface area contributed by atoms with E-state index in [2.05, 4.69) is 5.32 Å². The molecule has 1 aromatic rings. The van der Waals surface area contributed by atoms with Crippen molar-refractivity contribution in [2.24, 2.45) is 5.92 Å². The van der Waals surface area contributed by atoms with Gasteiger partial charge in [-0.15, -0.1) is 0 Å². The lowest BCUT2D eigenvalue weighted by atomic mass is 9.88. The molecule has 4 heteroatoms. The van der Waals surface area contributed by atoms with Crippen molar-refractivity contribution in [1.82, 2.24) is 5.32 Å². The number of aryl methyl sites for hydroxylation is 1. The van der Waals surface area contributed by atoms with Crippen molar-refractivity contribution < 1.29 is 14.3 Å². The van der Waals surface area contributed by atoms with Gasteiger partial charge in [0.05, 0.1) is 5.60 Å². The van der Waals surface area contributed by atoms with Crippen molar-refractivity contribution in [2.45, 2.75) is 39.7 Å². The maximum absolute atomic E-state index is 13.2. The van der Waals surface area contributed by atoms with Crippen LogP contribution in [0.25, 0.3) is 0 Å². The molecule has 106 valence electrons. The first-order chi connectivity index (χ1) is 8.76. The van der Waals surface area contributed by atoms with Crippen LogP contribution in [-0.2, 0) is 0 Å². The SMILES string of the molecule is CCC(C)C(C)(O)CNC(=O)c1cc(C)cc(F)c1. The Balaban J connectivity index is 2.70. The van der Waals surface area contributed by atoms with Crippen molar-refractivity contribution in [3.05, 3.63) is 35.1 Å². The number of carbonyl (C=O) groups excluding carboxylic acids is 1. The van der Waals surface area contributed by atoms with Crippen molar-refractivity contribution in [2.75, 3.05) is 6.54 Å². The van der Waals surface area contributed by atoms with Gasteiger partial charge in [-0.05, 0) is 43.5 Å². The summed E-state index contributed by atoms with van der Waals surface area (Å²) in [6.07, 6.45) is 0.821. The topological polar surface area (TPSA) is 49.3 Å². The summed E-state index contributed by atoms with van der Waals surface area (Å²) in [6, 6.07) is 4.18. The largest absolute Gasteiger partial charge is 0.388 e. The van der Waals surface area contributed by atoms with Crippen LogP contribution in [0.5, 0.6) is 0 Å². The summed E-state index contributed by atoms with van der Waals surface area (Å²) in [7, 11) is 0. The van der Waals surface area contributed by atoms with Crippen LogP contribution in [0.2, 0.25) is 0 Å². The molecule has 2 N–H and O–H groups in total. The van der Waals surface area contributed by atoms with E-state index in [0.29, 0.717) is 5.56 Å². The molecule has 0 saturated carbocycles. The molecule has 0 aromatic heterocycles. The second-order valence-electron chi connectivity index (χ2n) is 5.37. The van der Waals surface area contributed by atoms with Crippen LogP contribution in [0, 0.1) is 18.7 Å². The molecule has 1 aromatic carbocycles. The molecule has 2 unspecified atom stereocenters. The van der Waals surface area contributed by atoms with E-state index in [1.807, 2.05) is 13.8 Å². The number of benzene rings is 1. The quantitative estimate of drug-likeness (QED) is 0.861. The van der Waals surface area contributed by atoms with Crippen molar-refractivity contribution >= 4 is 5.91 Å². The highest BCUT2D eigenvalue weighted by Crippen LogP contribution is 2.19. The van der Waals surface area contributed by atoms with Crippen LogP contribution in [0.4, 0.5) is 4.39 Å². The molecule has 0 aliphatic rings. The zero-order valence-corrected chi connectivity index (χ0v) is 12.0. The average molecular weight is 267 g/mol. The Kier molecular flexibility index (Phi) is 5.06. The summed E-state index contributed by atoms with van der Waals surface area (Å²) in [6.45, 7) is 7.49. The summed E-state index contributed by atoms with van der Waals surface area (Å²) < 4.78 is 13.2. The Hall–Kier alpha value is -1.42. The molecule has 0 aliphatic heterocycles. The summed E-state index contributed by atoms with van der Waals surface area (Å²) >= 11 is 0. The summed E-state index contributed by atoms with van der Waals surface area (Å²) in [5.41, 5.74) is 0.00329. The first-order valence-electron chi connectivity index (χ1n) is 6.54. The first-order valence-corrected chi connectivity index (χ1v) is 6.54. The van der Waals surface area contributed by atoms with Gasteiger partial charge in [-0.2, -0.15) is 0 Å². The molecule has 1 amide bonds. The molecule has 0 bridgehead atoms. The van der Waals surface area contributed by atoms with Gasteiger partial charge in [0, 0.05) is 12.1 Å². The predicted octanol–water partition coefficient (Wildman–Crippen LogP) is 2.66. The third-order valence-electron chi connectivity index (χ3n) is 3.59. The maximum Gasteiger partial charge on any atom is 0.251 e. The predicted molar refractivity (Wildman–Crippen MR) is 73.5 cm³/mol. The Morgan fingerprint density at radius 2 is 2.11 bits per heavy atom. The number of hydrogen-bond donors (Lipinski definition) is 2. The fourth-order valence-electron chi connectivity index (χ4n) is 1.84. The molecule has 0 saturated heterocycles. The summed E-state index contributed by atoms with van der Waals surface area (Å²) in [5.74, 6) is -0.730. The maximum atomic E-state index is 13.2. The molecule has 2 atom stereocenters. The Labute approximate surface area is 113 Å². The number of nitrogens with one attached hydrogen (secondary N) is 1. The fourth-order valence-corrected chi connectivity index (χ4v) is 1.84. The molecule has 3 nitrogen and oxygen atoms in total. The zero-order valence-electron chi connectivity index (χ0n) is 12.0. The van der Waals surface area contributed by atoms with Crippen molar-refractivity contribution in [3.8, 4) is 0 Å². The number of hydrogen-bond acceptors (Lipinski definition) is 2. The Morgan fingerprint density at radius 1 is 1.47 bits per heavy atom. The van der Waals surface area contributed by atoms with E-state index >= 15 is 0 Å². The second kappa shape index (κ2) is 6.15. The zero-order chi connectivity index (χ0) is 14.6. The highest BCUT2D eigenvalue weighted by molar-refractivity contribution is 5.94. The minimum Gasteiger partial charge on any atom is -0.388 e. The standard InChI is InChI=1S/C15H22FNO2/c1-5-11(3)15(4,19)9-17-14(18)12-6-10(2)7-13(16)8-12/h6-8,11,19H,5,9H2,1-4H3,(H,17,18). The van der Waals surface area contributed by atoms with Crippen LogP contribution in [-0.4, -0.2) is 23.2 Å². The fraction of sp³-hybridized carbons (Fsp3) is 0.533. The normalized spacial score (nSPS) is 15.7. The monoisotopic (exact) mass is 267 g/mol. The third kappa shape index (κ3) is 4.31. The number of carbonyl (C=O) groups is 1. The van der Waals surface area contributed by atoms with Gasteiger partial charge in [-0.25, -0.2) is 4.39 Å². The average Bonchev–Trinajstić information content (AvgIpc) is 2.33. The van der Waals surface area contributed by atoms with Gasteiger partial charge >= 0.3 is 0 Å². The molecule has 0 spiro atoms. The molecule has 19 heavy (non-hydrogen) atoms. The van der Waals surface area contributed by atoms with Gasteiger partial charge in [-0.1, -0.05) is 20.3 Å². The summed E-state index contributed by atoms with van der Waals surface area (Å²) in [4.78, 5) is 11.9. The number of amides is 1. The van der Waals surface area contributed by atoms with Gasteiger partial charge < -0.3 is 10.4 Å². The lowest BCUT2D eigenvalue weighted by Crippen LogP contribution is -2.45. The molecule has 0 radical (unpaired) electrons. The van der Waals surface area contributed by atoms with Gasteiger partial charge in [-0.3, -0.25) is 4.79 Å². The highest BCUT2D eigenvalue weighted by atomic mass is 19.1. The van der Waals surface area contributed by atoms with Crippen LogP contribution in [0.3, 0.4) is 0 Å².